The molecule has 2 aromatic rings. The monoisotopic (exact) mass is 258 g/mol. The lowest BCUT2D eigenvalue weighted by molar-refractivity contribution is 0.204. The summed E-state index contributed by atoms with van der Waals surface area (Å²) in [6.07, 6.45) is 2.24. The highest BCUT2D eigenvalue weighted by Gasteiger charge is 2.29. The predicted octanol–water partition coefficient (Wildman–Crippen LogP) is 3.03. The number of phenolic OH excluding ortho intramolecular Hbond substituents is 1. The van der Waals surface area contributed by atoms with Crippen LogP contribution >= 0.6 is 0 Å². The summed E-state index contributed by atoms with van der Waals surface area (Å²) < 4.78 is 5.39. The summed E-state index contributed by atoms with van der Waals surface area (Å²) >= 11 is 0. The largest absolute Gasteiger partial charge is 0.508 e. The van der Waals surface area contributed by atoms with Crippen LogP contribution in [0, 0.1) is 6.92 Å². The standard InChI is InChI=1S/C15H18N2O2/c1-11-9-15(19-16-11)13-6-4-8-17(13)10-12-5-2-3-7-14(12)18/h2-3,5,7,9,13,18H,4,6,8,10H2,1H3. The van der Waals surface area contributed by atoms with Gasteiger partial charge < -0.3 is 9.63 Å². The number of rotatable bonds is 3. The molecule has 0 saturated carbocycles. The van der Waals surface area contributed by atoms with E-state index in [9.17, 15) is 5.11 Å². The number of para-hydroxylation sites is 1. The zero-order valence-electron chi connectivity index (χ0n) is 11.0. The SMILES string of the molecule is Cc1cc(C2CCCN2Cc2ccccc2O)on1. The molecule has 0 spiro atoms. The molecule has 100 valence electrons. The zero-order valence-corrected chi connectivity index (χ0v) is 11.0. The van der Waals surface area contributed by atoms with E-state index in [1.54, 1.807) is 6.07 Å². The van der Waals surface area contributed by atoms with Gasteiger partial charge in [-0.05, 0) is 32.4 Å². The Balaban J connectivity index is 1.79. The van der Waals surface area contributed by atoms with E-state index in [0.29, 0.717) is 5.75 Å². The Morgan fingerprint density at radius 1 is 1.42 bits per heavy atom. The number of benzene rings is 1. The van der Waals surface area contributed by atoms with Gasteiger partial charge >= 0.3 is 0 Å². The second kappa shape index (κ2) is 5.05. The topological polar surface area (TPSA) is 49.5 Å². The summed E-state index contributed by atoms with van der Waals surface area (Å²) in [7, 11) is 0. The third-order valence-electron chi connectivity index (χ3n) is 3.70. The zero-order chi connectivity index (χ0) is 13.2. The van der Waals surface area contributed by atoms with E-state index in [2.05, 4.69) is 10.1 Å². The highest BCUT2D eigenvalue weighted by molar-refractivity contribution is 5.31. The predicted molar refractivity (Wildman–Crippen MR) is 71.7 cm³/mol. The Kier molecular flexibility index (Phi) is 3.25. The fraction of sp³-hybridized carbons (Fsp3) is 0.400. The number of nitrogens with zero attached hydrogens (tertiary/aromatic N) is 2. The van der Waals surface area contributed by atoms with Crippen molar-refractivity contribution in [3.63, 3.8) is 0 Å². The Hall–Kier alpha value is -1.81. The Bertz CT molecular complexity index is 565. The van der Waals surface area contributed by atoms with Gasteiger partial charge in [-0.15, -0.1) is 0 Å². The smallest absolute Gasteiger partial charge is 0.154 e. The van der Waals surface area contributed by atoms with Crippen molar-refractivity contribution in [3.8, 4) is 5.75 Å². The maximum Gasteiger partial charge on any atom is 0.154 e. The van der Waals surface area contributed by atoms with Gasteiger partial charge in [0.1, 0.15) is 5.75 Å². The summed E-state index contributed by atoms with van der Waals surface area (Å²) in [6.45, 7) is 3.71. The molecule has 0 aliphatic carbocycles. The third kappa shape index (κ3) is 2.49. The first-order chi connectivity index (χ1) is 9.24. The first kappa shape index (κ1) is 12.2. The molecule has 1 aliphatic heterocycles. The van der Waals surface area contributed by atoms with Gasteiger partial charge in [-0.1, -0.05) is 23.4 Å². The molecule has 1 atom stereocenters. The summed E-state index contributed by atoms with van der Waals surface area (Å²) in [6, 6.07) is 9.79. The van der Waals surface area contributed by atoms with Crippen LogP contribution in [0.4, 0.5) is 0 Å². The van der Waals surface area contributed by atoms with Crippen molar-refractivity contribution >= 4 is 0 Å². The summed E-state index contributed by atoms with van der Waals surface area (Å²) in [5, 5.41) is 13.8. The van der Waals surface area contributed by atoms with E-state index in [1.807, 2.05) is 31.2 Å². The Morgan fingerprint density at radius 2 is 2.26 bits per heavy atom. The van der Waals surface area contributed by atoms with Crippen LogP contribution in [-0.4, -0.2) is 21.7 Å². The molecule has 1 saturated heterocycles. The molecule has 1 aromatic carbocycles. The fourth-order valence-electron chi connectivity index (χ4n) is 2.74. The van der Waals surface area contributed by atoms with E-state index in [-0.39, 0.29) is 6.04 Å². The van der Waals surface area contributed by atoms with Gasteiger partial charge in [0.25, 0.3) is 0 Å². The van der Waals surface area contributed by atoms with Gasteiger partial charge in [0.05, 0.1) is 11.7 Å². The number of likely N-dealkylation sites (tertiary alicyclic amines) is 1. The number of phenols is 1. The van der Waals surface area contributed by atoms with Gasteiger partial charge in [-0.2, -0.15) is 0 Å². The van der Waals surface area contributed by atoms with Crippen molar-refractivity contribution in [1.29, 1.82) is 0 Å². The van der Waals surface area contributed by atoms with Gasteiger partial charge in [-0.25, -0.2) is 0 Å². The van der Waals surface area contributed by atoms with E-state index in [1.165, 1.54) is 0 Å². The van der Waals surface area contributed by atoms with Crippen molar-refractivity contribution < 1.29 is 9.63 Å². The Morgan fingerprint density at radius 3 is 3.00 bits per heavy atom. The average Bonchev–Trinajstić information content (AvgIpc) is 3.01. The lowest BCUT2D eigenvalue weighted by Crippen LogP contribution is -2.22. The minimum absolute atomic E-state index is 0.279. The lowest BCUT2D eigenvalue weighted by Gasteiger charge is -2.22. The molecule has 2 heterocycles. The molecular weight excluding hydrogens is 240 g/mol. The molecule has 1 unspecified atom stereocenters. The highest BCUT2D eigenvalue weighted by Crippen LogP contribution is 2.34. The van der Waals surface area contributed by atoms with E-state index in [0.717, 1.165) is 42.9 Å². The molecule has 1 fully saturated rings. The van der Waals surface area contributed by atoms with Gasteiger partial charge in [-0.3, -0.25) is 4.90 Å². The molecule has 1 aromatic heterocycles. The quantitative estimate of drug-likeness (QED) is 0.919. The average molecular weight is 258 g/mol. The molecule has 0 amide bonds. The minimum atomic E-state index is 0.279. The lowest BCUT2D eigenvalue weighted by atomic mass is 10.1. The molecular formula is C15H18N2O2. The van der Waals surface area contributed by atoms with Crippen LogP contribution in [0.15, 0.2) is 34.9 Å². The maximum absolute atomic E-state index is 9.87. The Labute approximate surface area is 112 Å². The van der Waals surface area contributed by atoms with Crippen LogP contribution < -0.4 is 0 Å². The van der Waals surface area contributed by atoms with Crippen LogP contribution in [0.25, 0.3) is 0 Å². The number of aromatic hydroxyl groups is 1. The second-order valence-corrected chi connectivity index (χ2v) is 5.13. The summed E-state index contributed by atoms with van der Waals surface area (Å²) in [5.74, 6) is 1.30. The molecule has 0 radical (unpaired) electrons. The highest BCUT2D eigenvalue weighted by atomic mass is 16.5. The van der Waals surface area contributed by atoms with Crippen LogP contribution in [0.2, 0.25) is 0 Å². The van der Waals surface area contributed by atoms with Crippen LogP contribution in [0.5, 0.6) is 5.75 Å². The van der Waals surface area contributed by atoms with Crippen molar-refractivity contribution in [2.75, 3.05) is 6.54 Å². The molecule has 1 N–H and O–H groups in total. The third-order valence-corrected chi connectivity index (χ3v) is 3.70. The van der Waals surface area contributed by atoms with Gasteiger partial charge in [0, 0.05) is 18.2 Å². The number of hydrogen-bond donors (Lipinski definition) is 1. The van der Waals surface area contributed by atoms with Crippen molar-refractivity contribution in [2.45, 2.75) is 32.4 Å². The summed E-state index contributed by atoms with van der Waals surface area (Å²) in [5.41, 5.74) is 1.88. The van der Waals surface area contributed by atoms with Crippen LogP contribution in [0.1, 0.15) is 35.9 Å². The molecule has 3 rings (SSSR count). The summed E-state index contributed by atoms with van der Waals surface area (Å²) in [4.78, 5) is 2.34. The first-order valence-electron chi connectivity index (χ1n) is 6.68. The number of aromatic nitrogens is 1. The van der Waals surface area contributed by atoms with Crippen molar-refractivity contribution in [1.82, 2.24) is 10.1 Å². The maximum atomic E-state index is 9.87. The van der Waals surface area contributed by atoms with Gasteiger partial charge in [0.15, 0.2) is 5.76 Å². The molecule has 1 aliphatic rings. The van der Waals surface area contributed by atoms with E-state index in [4.69, 9.17) is 4.52 Å². The second-order valence-electron chi connectivity index (χ2n) is 5.13. The fourth-order valence-corrected chi connectivity index (χ4v) is 2.74. The number of hydrogen-bond acceptors (Lipinski definition) is 4. The van der Waals surface area contributed by atoms with Crippen molar-refractivity contribution in [2.24, 2.45) is 0 Å². The molecule has 0 bridgehead atoms. The van der Waals surface area contributed by atoms with Gasteiger partial charge in [0.2, 0.25) is 0 Å². The molecule has 19 heavy (non-hydrogen) atoms. The first-order valence-corrected chi connectivity index (χ1v) is 6.68. The molecule has 4 heteroatoms. The normalized spacial score (nSPS) is 19.9. The van der Waals surface area contributed by atoms with Crippen LogP contribution in [0.3, 0.4) is 0 Å². The van der Waals surface area contributed by atoms with E-state index < -0.39 is 0 Å². The van der Waals surface area contributed by atoms with Crippen LogP contribution in [-0.2, 0) is 6.54 Å². The van der Waals surface area contributed by atoms with E-state index >= 15 is 0 Å². The number of aryl methyl sites for hydroxylation is 1. The van der Waals surface area contributed by atoms with Crippen molar-refractivity contribution in [3.05, 3.63) is 47.3 Å². The minimum Gasteiger partial charge on any atom is -0.508 e. The molecule has 4 nitrogen and oxygen atoms in total.